The molecule has 2 aromatic rings. The van der Waals surface area contributed by atoms with E-state index in [1.54, 1.807) is 47.4 Å². The van der Waals surface area contributed by atoms with E-state index in [2.05, 4.69) is 4.98 Å². The van der Waals surface area contributed by atoms with Gasteiger partial charge in [0.05, 0.1) is 12.7 Å². The smallest absolute Gasteiger partial charge is 0.255 e. The fraction of sp³-hybridized carbons (Fsp3) is 0.316. The SMILES string of the molecule is COc1cccc(C(=O)N2CCN(C(=O)c3ccc(C)nc3)CC2)c1. The average molecular weight is 339 g/mol. The van der Waals surface area contributed by atoms with Gasteiger partial charge in [-0.25, -0.2) is 0 Å². The molecule has 3 rings (SSSR count). The average Bonchev–Trinajstić information content (AvgIpc) is 2.67. The molecule has 1 aliphatic heterocycles. The van der Waals surface area contributed by atoms with Gasteiger partial charge in [0, 0.05) is 43.6 Å². The number of rotatable bonds is 3. The number of piperazine rings is 1. The third-order valence-corrected chi connectivity index (χ3v) is 4.33. The molecule has 1 fully saturated rings. The molecule has 6 heteroatoms. The minimum Gasteiger partial charge on any atom is -0.497 e. The predicted octanol–water partition coefficient (Wildman–Crippen LogP) is 2.00. The second-order valence-corrected chi connectivity index (χ2v) is 6.00. The van der Waals surface area contributed by atoms with Crippen molar-refractivity contribution in [2.24, 2.45) is 0 Å². The summed E-state index contributed by atoms with van der Waals surface area (Å²) in [7, 11) is 1.58. The summed E-state index contributed by atoms with van der Waals surface area (Å²) in [6.45, 7) is 3.95. The van der Waals surface area contributed by atoms with E-state index >= 15 is 0 Å². The third-order valence-electron chi connectivity index (χ3n) is 4.33. The summed E-state index contributed by atoms with van der Waals surface area (Å²) in [5.74, 6) is 0.579. The fourth-order valence-electron chi connectivity index (χ4n) is 2.83. The Bertz CT molecular complexity index is 766. The van der Waals surface area contributed by atoms with Gasteiger partial charge in [0.1, 0.15) is 5.75 Å². The van der Waals surface area contributed by atoms with Crippen molar-refractivity contribution in [2.75, 3.05) is 33.3 Å². The molecular weight excluding hydrogens is 318 g/mol. The van der Waals surface area contributed by atoms with E-state index in [0.717, 1.165) is 5.69 Å². The number of carbonyl (C=O) groups is 2. The van der Waals surface area contributed by atoms with Gasteiger partial charge >= 0.3 is 0 Å². The van der Waals surface area contributed by atoms with E-state index < -0.39 is 0 Å². The van der Waals surface area contributed by atoms with Gasteiger partial charge in [-0.1, -0.05) is 6.07 Å². The van der Waals surface area contributed by atoms with Crippen LogP contribution in [-0.2, 0) is 0 Å². The number of methoxy groups -OCH3 is 1. The van der Waals surface area contributed by atoms with E-state index in [1.165, 1.54) is 0 Å². The van der Waals surface area contributed by atoms with Crippen molar-refractivity contribution >= 4 is 11.8 Å². The molecule has 0 atom stereocenters. The summed E-state index contributed by atoms with van der Waals surface area (Å²) in [5, 5.41) is 0. The van der Waals surface area contributed by atoms with Gasteiger partial charge in [-0.15, -0.1) is 0 Å². The first-order chi connectivity index (χ1) is 12.1. The summed E-state index contributed by atoms with van der Waals surface area (Å²) in [6, 6.07) is 10.7. The number of aryl methyl sites for hydroxylation is 1. The van der Waals surface area contributed by atoms with Crippen LogP contribution in [0, 0.1) is 6.92 Å². The monoisotopic (exact) mass is 339 g/mol. The summed E-state index contributed by atoms with van der Waals surface area (Å²) < 4.78 is 5.17. The Labute approximate surface area is 147 Å². The molecule has 1 aliphatic rings. The number of carbonyl (C=O) groups excluding carboxylic acids is 2. The van der Waals surface area contributed by atoms with Crippen LogP contribution in [0.2, 0.25) is 0 Å². The van der Waals surface area contributed by atoms with Crippen molar-refractivity contribution < 1.29 is 14.3 Å². The van der Waals surface area contributed by atoms with Gasteiger partial charge in [0.2, 0.25) is 0 Å². The molecule has 0 unspecified atom stereocenters. The summed E-state index contributed by atoms with van der Waals surface area (Å²) in [5.41, 5.74) is 2.06. The maximum atomic E-state index is 12.6. The van der Waals surface area contributed by atoms with E-state index in [4.69, 9.17) is 4.74 Å². The minimum atomic E-state index is -0.0408. The Morgan fingerprint density at radius 2 is 1.60 bits per heavy atom. The number of hydrogen-bond acceptors (Lipinski definition) is 4. The number of amides is 2. The van der Waals surface area contributed by atoms with Crippen molar-refractivity contribution in [2.45, 2.75) is 6.92 Å². The van der Waals surface area contributed by atoms with Crippen LogP contribution < -0.4 is 4.74 Å². The zero-order valence-electron chi connectivity index (χ0n) is 14.4. The van der Waals surface area contributed by atoms with E-state index in [0.29, 0.717) is 43.1 Å². The maximum Gasteiger partial charge on any atom is 0.255 e. The van der Waals surface area contributed by atoms with Gasteiger partial charge in [0.25, 0.3) is 11.8 Å². The Morgan fingerprint density at radius 1 is 0.960 bits per heavy atom. The minimum absolute atomic E-state index is 0.0389. The van der Waals surface area contributed by atoms with Gasteiger partial charge < -0.3 is 14.5 Å². The number of pyridine rings is 1. The molecule has 130 valence electrons. The largest absolute Gasteiger partial charge is 0.497 e. The first-order valence-corrected chi connectivity index (χ1v) is 8.24. The van der Waals surface area contributed by atoms with Gasteiger partial charge in [0.15, 0.2) is 0 Å². The van der Waals surface area contributed by atoms with E-state index in [1.807, 2.05) is 19.1 Å². The Kier molecular flexibility index (Phi) is 4.97. The standard InChI is InChI=1S/C19H21N3O3/c1-14-6-7-16(13-20-14)19(24)22-10-8-21(9-11-22)18(23)15-4-3-5-17(12-15)25-2/h3-7,12-13H,8-11H2,1-2H3. The van der Waals surface area contributed by atoms with Crippen molar-refractivity contribution in [1.29, 1.82) is 0 Å². The van der Waals surface area contributed by atoms with E-state index in [9.17, 15) is 9.59 Å². The molecule has 1 saturated heterocycles. The van der Waals surface area contributed by atoms with Crippen LogP contribution in [0.15, 0.2) is 42.6 Å². The van der Waals surface area contributed by atoms with Crippen LogP contribution in [0.1, 0.15) is 26.4 Å². The highest BCUT2D eigenvalue weighted by molar-refractivity contribution is 5.96. The maximum absolute atomic E-state index is 12.6. The molecule has 0 bridgehead atoms. The van der Waals surface area contributed by atoms with Gasteiger partial charge in [-0.3, -0.25) is 14.6 Å². The molecule has 1 aromatic heterocycles. The molecule has 0 aliphatic carbocycles. The molecular formula is C19H21N3O3. The summed E-state index contributed by atoms with van der Waals surface area (Å²) in [6.07, 6.45) is 1.60. The summed E-state index contributed by atoms with van der Waals surface area (Å²) >= 11 is 0. The molecule has 0 N–H and O–H groups in total. The molecule has 1 aromatic carbocycles. The van der Waals surface area contributed by atoms with Gasteiger partial charge in [-0.2, -0.15) is 0 Å². The zero-order valence-corrected chi connectivity index (χ0v) is 14.4. The predicted molar refractivity (Wildman–Crippen MR) is 93.8 cm³/mol. The fourth-order valence-corrected chi connectivity index (χ4v) is 2.83. The topological polar surface area (TPSA) is 62.7 Å². The van der Waals surface area contributed by atoms with Crippen LogP contribution >= 0.6 is 0 Å². The van der Waals surface area contributed by atoms with Crippen LogP contribution in [0.4, 0.5) is 0 Å². The van der Waals surface area contributed by atoms with Crippen LogP contribution in [0.3, 0.4) is 0 Å². The van der Waals surface area contributed by atoms with Crippen molar-refractivity contribution in [3.8, 4) is 5.75 Å². The molecule has 2 amide bonds. The molecule has 0 radical (unpaired) electrons. The Morgan fingerprint density at radius 3 is 2.16 bits per heavy atom. The molecule has 0 spiro atoms. The number of ether oxygens (including phenoxy) is 1. The molecule has 2 heterocycles. The lowest BCUT2D eigenvalue weighted by Gasteiger charge is -2.34. The quantitative estimate of drug-likeness (QED) is 0.858. The van der Waals surface area contributed by atoms with Crippen molar-refractivity contribution in [1.82, 2.24) is 14.8 Å². The highest BCUT2D eigenvalue weighted by Crippen LogP contribution is 2.16. The van der Waals surface area contributed by atoms with Crippen LogP contribution in [0.25, 0.3) is 0 Å². The number of hydrogen-bond donors (Lipinski definition) is 0. The van der Waals surface area contributed by atoms with E-state index in [-0.39, 0.29) is 11.8 Å². The molecule has 0 saturated carbocycles. The Balaban J connectivity index is 1.62. The highest BCUT2D eigenvalue weighted by atomic mass is 16.5. The van der Waals surface area contributed by atoms with Crippen LogP contribution in [-0.4, -0.2) is 59.9 Å². The highest BCUT2D eigenvalue weighted by Gasteiger charge is 2.25. The lowest BCUT2D eigenvalue weighted by atomic mass is 10.1. The number of nitrogens with zero attached hydrogens (tertiary/aromatic N) is 3. The lowest BCUT2D eigenvalue weighted by molar-refractivity contribution is 0.0535. The van der Waals surface area contributed by atoms with Crippen molar-refractivity contribution in [3.63, 3.8) is 0 Å². The second-order valence-electron chi connectivity index (χ2n) is 6.00. The normalized spacial score (nSPS) is 14.3. The zero-order chi connectivity index (χ0) is 17.8. The third kappa shape index (κ3) is 3.79. The molecule has 25 heavy (non-hydrogen) atoms. The Hall–Kier alpha value is -2.89. The molecule has 6 nitrogen and oxygen atoms in total. The van der Waals surface area contributed by atoms with Crippen LogP contribution in [0.5, 0.6) is 5.75 Å². The number of benzene rings is 1. The summed E-state index contributed by atoms with van der Waals surface area (Å²) in [4.78, 5) is 32.8. The first-order valence-electron chi connectivity index (χ1n) is 8.24. The number of aromatic nitrogens is 1. The van der Waals surface area contributed by atoms with Gasteiger partial charge in [-0.05, 0) is 37.3 Å². The second kappa shape index (κ2) is 7.34. The first kappa shape index (κ1) is 17.0. The van der Waals surface area contributed by atoms with Crippen molar-refractivity contribution in [3.05, 3.63) is 59.4 Å². The lowest BCUT2D eigenvalue weighted by Crippen LogP contribution is -2.50.